The number of nitrogens with one attached hydrogen (secondary N) is 1. The van der Waals surface area contributed by atoms with Gasteiger partial charge in [0.05, 0.1) is 5.02 Å². The molecule has 0 spiro atoms. The molecule has 106 valence electrons. The van der Waals surface area contributed by atoms with Crippen molar-refractivity contribution in [3.05, 3.63) is 58.6 Å². The number of rotatable bonds is 5. The highest BCUT2D eigenvalue weighted by atomic mass is 35.5. The van der Waals surface area contributed by atoms with E-state index in [1.165, 1.54) is 18.2 Å². The van der Waals surface area contributed by atoms with E-state index in [4.69, 9.17) is 11.6 Å². The molecule has 0 aliphatic heterocycles. The van der Waals surface area contributed by atoms with Gasteiger partial charge in [-0.05, 0) is 53.9 Å². The van der Waals surface area contributed by atoms with Crippen LogP contribution in [0.3, 0.4) is 0 Å². The molecule has 0 aliphatic carbocycles. The van der Waals surface area contributed by atoms with E-state index in [1.54, 1.807) is 18.2 Å². The van der Waals surface area contributed by atoms with Crippen molar-refractivity contribution in [2.45, 2.75) is 19.9 Å². The zero-order chi connectivity index (χ0) is 14.5. The molecule has 0 heterocycles. The Balaban J connectivity index is 2.36. The highest BCUT2D eigenvalue weighted by molar-refractivity contribution is 6.31. The molecule has 0 atom stereocenters. The normalized spacial score (nSPS) is 10.8. The van der Waals surface area contributed by atoms with Crippen LogP contribution in [0.4, 0.5) is 8.78 Å². The summed E-state index contributed by atoms with van der Waals surface area (Å²) in [5, 5.41) is 3.31. The third-order valence-corrected chi connectivity index (χ3v) is 3.33. The molecule has 0 amide bonds. The second-order valence-corrected chi connectivity index (χ2v) is 5.01. The minimum absolute atomic E-state index is 0.0688. The Labute approximate surface area is 122 Å². The summed E-state index contributed by atoms with van der Waals surface area (Å²) in [5.41, 5.74) is 2.47. The maximum atomic E-state index is 13.4. The van der Waals surface area contributed by atoms with Crippen LogP contribution in [0.25, 0.3) is 11.1 Å². The van der Waals surface area contributed by atoms with Crippen LogP contribution in [0, 0.1) is 11.6 Å². The molecular weight excluding hydrogens is 280 g/mol. The predicted molar refractivity (Wildman–Crippen MR) is 78.8 cm³/mol. The van der Waals surface area contributed by atoms with Crippen molar-refractivity contribution in [2.24, 2.45) is 0 Å². The summed E-state index contributed by atoms with van der Waals surface area (Å²) in [6.45, 7) is 3.50. The van der Waals surface area contributed by atoms with E-state index in [-0.39, 0.29) is 10.8 Å². The summed E-state index contributed by atoms with van der Waals surface area (Å²) in [5.74, 6) is -0.738. The lowest BCUT2D eigenvalue weighted by molar-refractivity contribution is 0.619. The monoisotopic (exact) mass is 295 g/mol. The SMILES string of the molecule is CCCNCc1cc(F)ccc1-c1ccc(F)c(Cl)c1. The van der Waals surface area contributed by atoms with Gasteiger partial charge in [-0.25, -0.2) is 8.78 Å². The quantitative estimate of drug-likeness (QED) is 0.782. The first kappa shape index (κ1) is 14.9. The van der Waals surface area contributed by atoms with E-state index in [9.17, 15) is 8.78 Å². The van der Waals surface area contributed by atoms with Crippen LogP contribution in [-0.2, 0) is 6.54 Å². The lowest BCUT2D eigenvalue weighted by Gasteiger charge is -2.11. The Kier molecular flexibility index (Phi) is 5.10. The lowest BCUT2D eigenvalue weighted by atomic mass is 9.99. The average Bonchev–Trinajstić information content (AvgIpc) is 2.43. The van der Waals surface area contributed by atoms with Crippen LogP contribution in [0.2, 0.25) is 5.02 Å². The summed E-state index contributed by atoms with van der Waals surface area (Å²) in [6.07, 6.45) is 1.01. The number of halogens is 3. The summed E-state index contributed by atoms with van der Waals surface area (Å²) in [4.78, 5) is 0. The number of hydrogen-bond donors (Lipinski definition) is 1. The highest BCUT2D eigenvalue weighted by Gasteiger charge is 2.09. The molecule has 2 aromatic carbocycles. The fraction of sp³-hybridized carbons (Fsp3) is 0.250. The van der Waals surface area contributed by atoms with Gasteiger partial charge < -0.3 is 5.32 Å². The van der Waals surface area contributed by atoms with Crippen molar-refractivity contribution in [3.8, 4) is 11.1 Å². The standard InChI is InChI=1S/C16H16ClF2N/c1-2-7-20-10-12-8-13(18)4-5-14(12)11-3-6-16(19)15(17)9-11/h3-6,8-9,20H,2,7,10H2,1H3. The Morgan fingerprint density at radius 3 is 2.60 bits per heavy atom. The first-order chi connectivity index (χ1) is 9.61. The molecule has 2 rings (SSSR count). The van der Waals surface area contributed by atoms with Crippen molar-refractivity contribution in [1.82, 2.24) is 5.32 Å². The summed E-state index contributed by atoms with van der Waals surface area (Å²) in [7, 11) is 0. The predicted octanol–water partition coefficient (Wildman–Crippen LogP) is 4.78. The van der Waals surface area contributed by atoms with Gasteiger partial charge in [0.25, 0.3) is 0 Å². The zero-order valence-electron chi connectivity index (χ0n) is 11.2. The second kappa shape index (κ2) is 6.82. The van der Waals surface area contributed by atoms with E-state index in [2.05, 4.69) is 12.2 Å². The first-order valence-corrected chi connectivity index (χ1v) is 6.94. The molecular formula is C16H16ClF2N. The molecule has 0 fully saturated rings. The Bertz CT molecular complexity index is 599. The minimum Gasteiger partial charge on any atom is -0.313 e. The molecule has 0 radical (unpaired) electrons. The Hall–Kier alpha value is -1.45. The smallest absolute Gasteiger partial charge is 0.141 e. The molecule has 20 heavy (non-hydrogen) atoms. The summed E-state index contributed by atoms with van der Waals surface area (Å²) >= 11 is 5.81. The van der Waals surface area contributed by atoms with E-state index < -0.39 is 5.82 Å². The topological polar surface area (TPSA) is 12.0 Å². The molecule has 0 aromatic heterocycles. The van der Waals surface area contributed by atoms with E-state index in [0.717, 1.165) is 29.7 Å². The first-order valence-electron chi connectivity index (χ1n) is 6.56. The molecule has 4 heteroatoms. The molecule has 1 nitrogen and oxygen atoms in total. The minimum atomic E-state index is -0.455. The lowest BCUT2D eigenvalue weighted by Crippen LogP contribution is -2.14. The average molecular weight is 296 g/mol. The zero-order valence-corrected chi connectivity index (χ0v) is 12.0. The van der Waals surface area contributed by atoms with Crippen LogP contribution in [0.5, 0.6) is 0 Å². The molecule has 0 bridgehead atoms. The van der Waals surface area contributed by atoms with E-state index in [0.29, 0.717) is 6.54 Å². The van der Waals surface area contributed by atoms with Crippen molar-refractivity contribution < 1.29 is 8.78 Å². The molecule has 0 saturated heterocycles. The molecule has 2 aromatic rings. The van der Waals surface area contributed by atoms with Crippen LogP contribution >= 0.6 is 11.6 Å². The van der Waals surface area contributed by atoms with Gasteiger partial charge in [0, 0.05) is 6.54 Å². The second-order valence-electron chi connectivity index (χ2n) is 4.61. The Morgan fingerprint density at radius 2 is 1.90 bits per heavy atom. The van der Waals surface area contributed by atoms with Gasteiger partial charge in [0.1, 0.15) is 11.6 Å². The van der Waals surface area contributed by atoms with Gasteiger partial charge in [-0.15, -0.1) is 0 Å². The van der Waals surface area contributed by atoms with Crippen LogP contribution < -0.4 is 5.32 Å². The van der Waals surface area contributed by atoms with Gasteiger partial charge >= 0.3 is 0 Å². The highest BCUT2D eigenvalue weighted by Crippen LogP contribution is 2.28. The molecule has 1 N–H and O–H groups in total. The molecule has 0 unspecified atom stereocenters. The van der Waals surface area contributed by atoms with Crippen LogP contribution in [-0.4, -0.2) is 6.54 Å². The fourth-order valence-corrected chi connectivity index (χ4v) is 2.23. The van der Waals surface area contributed by atoms with Gasteiger partial charge in [-0.2, -0.15) is 0 Å². The van der Waals surface area contributed by atoms with Gasteiger partial charge in [0.2, 0.25) is 0 Å². The Morgan fingerprint density at radius 1 is 1.10 bits per heavy atom. The van der Waals surface area contributed by atoms with E-state index in [1.807, 2.05) is 0 Å². The summed E-state index contributed by atoms with van der Waals surface area (Å²) < 4.78 is 26.6. The van der Waals surface area contributed by atoms with Crippen molar-refractivity contribution >= 4 is 11.6 Å². The maximum absolute atomic E-state index is 13.4. The molecule has 0 saturated carbocycles. The van der Waals surface area contributed by atoms with Crippen LogP contribution in [0.15, 0.2) is 36.4 Å². The largest absolute Gasteiger partial charge is 0.313 e. The van der Waals surface area contributed by atoms with Gasteiger partial charge in [-0.3, -0.25) is 0 Å². The fourth-order valence-electron chi connectivity index (χ4n) is 2.05. The maximum Gasteiger partial charge on any atom is 0.141 e. The van der Waals surface area contributed by atoms with Gasteiger partial charge in [-0.1, -0.05) is 30.7 Å². The summed E-state index contributed by atoms with van der Waals surface area (Å²) in [6, 6.07) is 9.13. The molecule has 0 aliphatic rings. The third kappa shape index (κ3) is 3.56. The number of hydrogen-bond acceptors (Lipinski definition) is 1. The third-order valence-electron chi connectivity index (χ3n) is 3.04. The number of benzene rings is 2. The van der Waals surface area contributed by atoms with Gasteiger partial charge in [0.15, 0.2) is 0 Å². The van der Waals surface area contributed by atoms with E-state index >= 15 is 0 Å². The van der Waals surface area contributed by atoms with Crippen LogP contribution in [0.1, 0.15) is 18.9 Å². The van der Waals surface area contributed by atoms with Crippen molar-refractivity contribution in [1.29, 1.82) is 0 Å². The van der Waals surface area contributed by atoms with Crippen molar-refractivity contribution in [3.63, 3.8) is 0 Å². The van der Waals surface area contributed by atoms with Crippen molar-refractivity contribution in [2.75, 3.05) is 6.54 Å².